The molecule has 102 valence electrons. The molecule has 1 unspecified atom stereocenters. The van der Waals surface area contributed by atoms with Crippen molar-refractivity contribution in [3.05, 3.63) is 51.0 Å². The smallest absolute Gasteiger partial charge is 0.0898 e. The molecule has 2 rings (SSSR count). The van der Waals surface area contributed by atoms with E-state index >= 15 is 0 Å². The van der Waals surface area contributed by atoms with Gasteiger partial charge in [0.05, 0.1) is 16.7 Å². The molecule has 1 aromatic carbocycles. The third-order valence-corrected chi connectivity index (χ3v) is 4.19. The lowest BCUT2D eigenvalue weighted by Crippen LogP contribution is -2.23. The van der Waals surface area contributed by atoms with E-state index in [0.29, 0.717) is 0 Å². The number of nitrogens with one attached hydrogen (secondary N) is 1. The summed E-state index contributed by atoms with van der Waals surface area (Å²) in [7, 11) is 0. The van der Waals surface area contributed by atoms with Crippen LogP contribution in [-0.2, 0) is 0 Å². The molecular weight excluding hydrogens is 252 g/mol. The maximum atomic E-state index is 4.65. The van der Waals surface area contributed by atoms with Gasteiger partial charge in [-0.05, 0) is 50.4 Å². The predicted octanol–water partition coefficient (Wildman–Crippen LogP) is 4.16. The fourth-order valence-electron chi connectivity index (χ4n) is 2.14. The van der Waals surface area contributed by atoms with Gasteiger partial charge in [-0.1, -0.05) is 25.1 Å². The third kappa shape index (κ3) is 3.43. The molecule has 2 nitrogen and oxygen atoms in total. The lowest BCUT2D eigenvalue weighted by molar-refractivity contribution is 0.588. The second-order valence-electron chi connectivity index (χ2n) is 5.02. The summed E-state index contributed by atoms with van der Waals surface area (Å²) >= 11 is 1.72. The fourth-order valence-corrected chi connectivity index (χ4v) is 2.78. The summed E-state index contributed by atoms with van der Waals surface area (Å²) in [6, 6.07) is 6.90. The Morgan fingerprint density at radius 3 is 2.58 bits per heavy atom. The first kappa shape index (κ1) is 14.2. The van der Waals surface area contributed by atoms with Crippen molar-refractivity contribution in [1.82, 2.24) is 10.3 Å². The quantitative estimate of drug-likeness (QED) is 0.885. The molecule has 3 heteroatoms. The largest absolute Gasteiger partial charge is 0.305 e. The third-order valence-electron chi connectivity index (χ3n) is 3.40. The lowest BCUT2D eigenvalue weighted by atomic mass is 9.99. The van der Waals surface area contributed by atoms with Crippen molar-refractivity contribution in [2.24, 2.45) is 0 Å². The van der Waals surface area contributed by atoms with Crippen LogP contribution >= 0.6 is 11.3 Å². The van der Waals surface area contributed by atoms with Crippen LogP contribution in [0.15, 0.2) is 23.6 Å². The zero-order valence-electron chi connectivity index (χ0n) is 12.2. The number of rotatable bonds is 5. The minimum atomic E-state index is 0.212. The van der Waals surface area contributed by atoms with Gasteiger partial charge in [-0.2, -0.15) is 0 Å². The monoisotopic (exact) mass is 274 g/mol. The van der Waals surface area contributed by atoms with Crippen LogP contribution in [0.25, 0.3) is 0 Å². The second kappa shape index (κ2) is 6.31. The molecule has 0 amide bonds. The highest BCUT2D eigenvalue weighted by atomic mass is 32.1. The maximum absolute atomic E-state index is 4.65. The van der Waals surface area contributed by atoms with E-state index in [4.69, 9.17) is 0 Å². The highest BCUT2D eigenvalue weighted by Gasteiger charge is 2.16. The van der Waals surface area contributed by atoms with Gasteiger partial charge >= 0.3 is 0 Å². The van der Waals surface area contributed by atoms with Gasteiger partial charge < -0.3 is 5.32 Å². The van der Waals surface area contributed by atoms with Crippen LogP contribution < -0.4 is 5.32 Å². The topological polar surface area (TPSA) is 24.9 Å². The predicted molar refractivity (Wildman–Crippen MR) is 82.9 cm³/mol. The first-order valence-corrected chi connectivity index (χ1v) is 7.72. The first-order chi connectivity index (χ1) is 9.11. The number of aromatic nitrogens is 1. The molecule has 0 radical (unpaired) electrons. The van der Waals surface area contributed by atoms with Crippen molar-refractivity contribution in [2.75, 3.05) is 6.54 Å². The van der Waals surface area contributed by atoms with Gasteiger partial charge in [0.2, 0.25) is 0 Å². The van der Waals surface area contributed by atoms with Crippen molar-refractivity contribution in [3.63, 3.8) is 0 Å². The van der Waals surface area contributed by atoms with Gasteiger partial charge in [0.25, 0.3) is 0 Å². The molecule has 1 heterocycles. The van der Waals surface area contributed by atoms with Crippen LogP contribution in [0.3, 0.4) is 0 Å². The van der Waals surface area contributed by atoms with E-state index in [1.165, 1.54) is 16.7 Å². The number of thiazole rings is 1. The highest BCUT2D eigenvalue weighted by molar-refractivity contribution is 7.09. The van der Waals surface area contributed by atoms with E-state index in [1.54, 1.807) is 11.3 Å². The van der Waals surface area contributed by atoms with Crippen molar-refractivity contribution >= 4 is 11.3 Å². The van der Waals surface area contributed by atoms with Crippen molar-refractivity contribution in [2.45, 2.75) is 40.2 Å². The Bertz CT molecular complexity index is 545. The van der Waals surface area contributed by atoms with Gasteiger partial charge in [0, 0.05) is 5.38 Å². The van der Waals surface area contributed by atoms with Gasteiger partial charge in [-0.25, -0.2) is 4.98 Å². The Kier molecular flexibility index (Phi) is 4.72. The minimum Gasteiger partial charge on any atom is -0.305 e. The van der Waals surface area contributed by atoms with E-state index in [9.17, 15) is 0 Å². The Morgan fingerprint density at radius 2 is 2.00 bits per heavy atom. The van der Waals surface area contributed by atoms with Crippen molar-refractivity contribution < 1.29 is 0 Å². The summed E-state index contributed by atoms with van der Waals surface area (Å²) in [6.45, 7) is 9.58. The summed E-state index contributed by atoms with van der Waals surface area (Å²) in [4.78, 5) is 4.65. The molecule has 0 aliphatic rings. The van der Waals surface area contributed by atoms with Crippen LogP contribution in [-0.4, -0.2) is 11.5 Å². The van der Waals surface area contributed by atoms with Gasteiger partial charge in [-0.15, -0.1) is 11.3 Å². The molecule has 0 spiro atoms. The SMILES string of the molecule is CCCNC(c1ccc(C)c(C)c1)c1csc(C)n1. The van der Waals surface area contributed by atoms with Crippen LogP contribution in [0, 0.1) is 20.8 Å². The first-order valence-electron chi connectivity index (χ1n) is 6.84. The molecular formula is C16H22N2S. The van der Waals surface area contributed by atoms with Gasteiger partial charge in [-0.3, -0.25) is 0 Å². The lowest BCUT2D eigenvalue weighted by Gasteiger charge is -2.18. The molecule has 19 heavy (non-hydrogen) atoms. The summed E-state index contributed by atoms with van der Waals surface area (Å²) in [5, 5.41) is 6.90. The average molecular weight is 274 g/mol. The molecule has 0 saturated heterocycles. The number of aryl methyl sites for hydroxylation is 3. The van der Waals surface area contributed by atoms with Gasteiger partial charge in [0.1, 0.15) is 0 Å². The van der Waals surface area contributed by atoms with Crippen LogP contribution in [0.4, 0.5) is 0 Å². The Morgan fingerprint density at radius 1 is 1.21 bits per heavy atom. The minimum absolute atomic E-state index is 0.212. The molecule has 0 fully saturated rings. The molecule has 1 N–H and O–H groups in total. The van der Waals surface area contributed by atoms with Gasteiger partial charge in [0.15, 0.2) is 0 Å². The maximum Gasteiger partial charge on any atom is 0.0898 e. The Labute approximate surface area is 119 Å². The molecule has 2 aromatic rings. The molecule has 0 aliphatic heterocycles. The molecule has 0 saturated carbocycles. The standard InChI is InChI=1S/C16H22N2S/c1-5-8-17-16(15-10-19-13(4)18-15)14-7-6-11(2)12(3)9-14/h6-7,9-10,16-17H,5,8H2,1-4H3. The normalized spacial score (nSPS) is 12.6. The Balaban J connectivity index is 2.33. The second-order valence-corrected chi connectivity index (χ2v) is 6.08. The summed E-state index contributed by atoms with van der Waals surface area (Å²) in [5.74, 6) is 0. The number of hydrogen-bond acceptors (Lipinski definition) is 3. The molecule has 1 atom stereocenters. The number of nitrogens with zero attached hydrogens (tertiary/aromatic N) is 1. The van der Waals surface area contributed by atoms with Crippen LogP contribution in [0.2, 0.25) is 0 Å². The summed E-state index contributed by atoms with van der Waals surface area (Å²) in [5.41, 5.74) is 5.13. The highest BCUT2D eigenvalue weighted by Crippen LogP contribution is 2.25. The number of benzene rings is 1. The summed E-state index contributed by atoms with van der Waals surface area (Å²) < 4.78 is 0. The van der Waals surface area contributed by atoms with Crippen molar-refractivity contribution in [3.8, 4) is 0 Å². The molecule has 0 aliphatic carbocycles. The molecule has 1 aromatic heterocycles. The van der Waals surface area contributed by atoms with E-state index in [1.807, 2.05) is 0 Å². The van der Waals surface area contributed by atoms with E-state index in [0.717, 1.165) is 23.7 Å². The van der Waals surface area contributed by atoms with E-state index in [2.05, 4.69) is 61.6 Å². The summed E-state index contributed by atoms with van der Waals surface area (Å²) in [6.07, 6.45) is 1.13. The van der Waals surface area contributed by atoms with E-state index in [-0.39, 0.29) is 6.04 Å². The fraction of sp³-hybridized carbons (Fsp3) is 0.438. The van der Waals surface area contributed by atoms with Crippen molar-refractivity contribution in [1.29, 1.82) is 0 Å². The van der Waals surface area contributed by atoms with Crippen LogP contribution in [0.5, 0.6) is 0 Å². The zero-order chi connectivity index (χ0) is 13.8. The van der Waals surface area contributed by atoms with E-state index < -0.39 is 0 Å². The number of hydrogen-bond donors (Lipinski definition) is 1. The zero-order valence-corrected chi connectivity index (χ0v) is 13.0. The Hall–Kier alpha value is -1.19. The van der Waals surface area contributed by atoms with Crippen LogP contribution in [0.1, 0.15) is 46.8 Å². The molecule has 0 bridgehead atoms. The average Bonchev–Trinajstić information content (AvgIpc) is 2.80.